The zero-order chi connectivity index (χ0) is 13.9. The molecule has 1 rings (SSSR count). The summed E-state index contributed by atoms with van der Waals surface area (Å²) in [6, 6.07) is 0.448. The molecule has 0 aliphatic rings. The molecule has 0 aliphatic carbocycles. The summed E-state index contributed by atoms with van der Waals surface area (Å²) >= 11 is 1.74. The highest BCUT2D eigenvalue weighted by Crippen LogP contribution is 2.32. The molecule has 2 N–H and O–H groups in total. The van der Waals surface area contributed by atoms with Crippen molar-refractivity contribution in [2.45, 2.75) is 60.0 Å². The second-order valence-electron chi connectivity index (χ2n) is 5.97. The van der Waals surface area contributed by atoms with Crippen LogP contribution < -0.4 is 10.6 Å². The van der Waals surface area contributed by atoms with Gasteiger partial charge in [0.2, 0.25) is 0 Å². The number of aromatic nitrogens is 1. The Morgan fingerprint density at radius 1 is 1.39 bits per heavy atom. The van der Waals surface area contributed by atoms with E-state index in [-0.39, 0.29) is 5.41 Å². The van der Waals surface area contributed by atoms with Crippen molar-refractivity contribution in [1.29, 1.82) is 0 Å². The van der Waals surface area contributed by atoms with Crippen molar-refractivity contribution in [3.8, 4) is 0 Å². The van der Waals surface area contributed by atoms with E-state index >= 15 is 0 Å². The van der Waals surface area contributed by atoms with Gasteiger partial charge >= 0.3 is 0 Å². The monoisotopic (exact) mass is 269 g/mol. The Kier molecular flexibility index (Phi) is 5.17. The Morgan fingerprint density at radius 3 is 2.44 bits per heavy atom. The number of nitrogens with zero attached hydrogens (tertiary/aromatic N) is 2. The molecule has 0 amide bonds. The average molecular weight is 269 g/mol. The first-order valence-corrected chi connectivity index (χ1v) is 7.54. The molecule has 0 saturated carbocycles. The lowest BCUT2D eigenvalue weighted by Crippen LogP contribution is -2.39. The number of hydrogen-bond donors (Lipinski definition) is 1. The highest BCUT2D eigenvalue weighted by Gasteiger charge is 2.26. The maximum atomic E-state index is 5.81. The van der Waals surface area contributed by atoms with Crippen LogP contribution in [0.3, 0.4) is 0 Å². The Morgan fingerprint density at radius 2 is 2.00 bits per heavy atom. The van der Waals surface area contributed by atoms with Crippen molar-refractivity contribution in [3.05, 3.63) is 10.6 Å². The minimum absolute atomic E-state index is 0.244. The van der Waals surface area contributed by atoms with Crippen LogP contribution in [0, 0.1) is 5.41 Å². The first-order chi connectivity index (χ1) is 8.31. The Bertz CT molecular complexity index is 379. The second kappa shape index (κ2) is 6.02. The van der Waals surface area contributed by atoms with Crippen LogP contribution in [-0.2, 0) is 13.0 Å². The van der Waals surface area contributed by atoms with Crippen molar-refractivity contribution >= 4 is 16.5 Å². The fourth-order valence-electron chi connectivity index (χ4n) is 1.86. The molecule has 104 valence electrons. The highest BCUT2D eigenvalue weighted by molar-refractivity contribution is 7.15. The fourth-order valence-corrected chi connectivity index (χ4v) is 2.89. The normalized spacial score (nSPS) is 13.7. The van der Waals surface area contributed by atoms with Gasteiger partial charge in [0.15, 0.2) is 5.13 Å². The predicted octanol–water partition coefficient (Wildman–Crippen LogP) is 3.43. The van der Waals surface area contributed by atoms with Gasteiger partial charge in [0.05, 0.1) is 5.69 Å². The van der Waals surface area contributed by atoms with Gasteiger partial charge in [-0.05, 0) is 18.8 Å². The number of hydrogen-bond acceptors (Lipinski definition) is 4. The molecule has 3 nitrogen and oxygen atoms in total. The number of thiazole rings is 1. The topological polar surface area (TPSA) is 42.2 Å². The maximum Gasteiger partial charge on any atom is 0.185 e. The first-order valence-electron chi connectivity index (χ1n) is 6.72. The van der Waals surface area contributed by atoms with E-state index in [1.165, 1.54) is 10.6 Å². The molecule has 4 heteroatoms. The molecular formula is C14H27N3S. The molecule has 0 aromatic carbocycles. The van der Waals surface area contributed by atoms with Crippen molar-refractivity contribution in [1.82, 2.24) is 4.98 Å². The number of rotatable bonds is 5. The van der Waals surface area contributed by atoms with Gasteiger partial charge in [0.1, 0.15) is 0 Å². The molecule has 1 unspecified atom stereocenters. The maximum absolute atomic E-state index is 5.81. The van der Waals surface area contributed by atoms with Crippen molar-refractivity contribution in [2.24, 2.45) is 11.1 Å². The molecule has 0 bridgehead atoms. The first kappa shape index (κ1) is 15.4. The van der Waals surface area contributed by atoms with E-state index in [0.29, 0.717) is 12.6 Å². The lowest BCUT2D eigenvalue weighted by Gasteiger charge is -2.35. The summed E-state index contributed by atoms with van der Waals surface area (Å²) in [5, 5.41) is 1.10. The lowest BCUT2D eigenvalue weighted by molar-refractivity contribution is 0.329. The lowest BCUT2D eigenvalue weighted by atomic mass is 9.87. The molecule has 0 spiro atoms. The van der Waals surface area contributed by atoms with Crippen LogP contribution in [0.4, 0.5) is 5.13 Å². The van der Waals surface area contributed by atoms with Crippen LogP contribution in [0.2, 0.25) is 0 Å². The summed E-state index contributed by atoms with van der Waals surface area (Å²) in [6.07, 6.45) is 2.15. The van der Waals surface area contributed by atoms with E-state index in [2.05, 4.69) is 46.6 Å². The Hall–Kier alpha value is -0.610. The van der Waals surface area contributed by atoms with E-state index in [1.807, 2.05) is 0 Å². The summed E-state index contributed by atoms with van der Waals surface area (Å²) in [6.45, 7) is 11.8. The minimum Gasteiger partial charge on any atom is -0.348 e. The second-order valence-corrected chi connectivity index (χ2v) is 7.04. The number of anilines is 1. The van der Waals surface area contributed by atoms with Gasteiger partial charge in [-0.2, -0.15) is 0 Å². The van der Waals surface area contributed by atoms with Crippen molar-refractivity contribution in [2.75, 3.05) is 11.9 Å². The van der Waals surface area contributed by atoms with Gasteiger partial charge in [0, 0.05) is 24.5 Å². The SMILES string of the molecule is CCCc1nc(N(C)C(C)C(C)(C)C)sc1CN. The predicted molar refractivity (Wildman–Crippen MR) is 81.3 cm³/mol. The summed E-state index contributed by atoms with van der Waals surface area (Å²) in [7, 11) is 2.13. The van der Waals surface area contributed by atoms with E-state index in [4.69, 9.17) is 10.7 Å². The van der Waals surface area contributed by atoms with Crippen LogP contribution in [0.25, 0.3) is 0 Å². The van der Waals surface area contributed by atoms with Gasteiger partial charge in [-0.3, -0.25) is 0 Å². The summed E-state index contributed by atoms with van der Waals surface area (Å²) in [5.41, 5.74) is 7.24. The summed E-state index contributed by atoms with van der Waals surface area (Å²) < 4.78 is 0. The molecule has 0 saturated heterocycles. The van der Waals surface area contributed by atoms with E-state index < -0.39 is 0 Å². The van der Waals surface area contributed by atoms with Gasteiger partial charge in [-0.25, -0.2) is 4.98 Å². The van der Waals surface area contributed by atoms with Crippen molar-refractivity contribution < 1.29 is 0 Å². The Balaban J connectivity index is 2.96. The quantitative estimate of drug-likeness (QED) is 0.890. The van der Waals surface area contributed by atoms with Gasteiger partial charge in [-0.1, -0.05) is 34.1 Å². The molecule has 0 radical (unpaired) electrons. The largest absolute Gasteiger partial charge is 0.348 e. The zero-order valence-electron chi connectivity index (χ0n) is 12.6. The third kappa shape index (κ3) is 3.45. The highest BCUT2D eigenvalue weighted by atomic mass is 32.1. The van der Waals surface area contributed by atoms with Crippen LogP contribution >= 0.6 is 11.3 Å². The van der Waals surface area contributed by atoms with E-state index in [9.17, 15) is 0 Å². The molecule has 0 aliphatic heterocycles. The van der Waals surface area contributed by atoms with Crippen LogP contribution in [0.5, 0.6) is 0 Å². The van der Waals surface area contributed by atoms with Gasteiger partial charge in [-0.15, -0.1) is 11.3 Å². The number of nitrogens with two attached hydrogens (primary N) is 1. The van der Waals surface area contributed by atoms with Gasteiger partial charge < -0.3 is 10.6 Å². The smallest absolute Gasteiger partial charge is 0.185 e. The van der Waals surface area contributed by atoms with Crippen molar-refractivity contribution in [3.63, 3.8) is 0 Å². The molecule has 1 atom stereocenters. The van der Waals surface area contributed by atoms with E-state index in [0.717, 1.165) is 18.0 Å². The number of aryl methyl sites for hydroxylation is 1. The average Bonchev–Trinajstić information content (AvgIpc) is 2.69. The molecule has 1 aromatic rings. The Labute approximate surface area is 115 Å². The third-order valence-corrected chi connectivity index (χ3v) is 4.79. The molecular weight excluding hydrogens is 242 g/mol. The van der Waals surface area contributed by atoms with Crippen LogP contribution in [-0.4, -0.2) is 18.1 Å². The van der Waals surface area contributed by atoms with Gasteiger partial charge in [0.25, 0.3) is 0 Å². The molecule has 0 fully saturated rings. The summed E-state index contributed by atoms with van der Waals surface area (Å²) in [5.74, 6) is 0. The van der Waals surface area contributed by atoms with E-state index in [1.54, 1.807) is 11.3 Å². The van der Waals surface area contributed by atoms with Crippen LogP contribution in [0.1, 0.15) is 51.6 Å². The standard InChI is InChI=1S/C14H27N3S/c1-7-8-11-12(9-15)18-13(16-11)17(6)10(2)14(3,4)5/h10H,7-9,15H2,1-6H3. The molecule has 18 heavy (non-hydrogen) atoms. The fraction of sp³-hybridized carbons (Fsp3) is 0.786. The third-order valence-electron chi connectivity index (χ3n) is 3.58. The molecule has 1 heterocycles. The molecule has 1 aromatic heterocycles. The van der Waals surface area contributed by atoms with Crippen LogP contribution in [0.15, 0.2) is 0 Å². The minimum atomic E-state index is 0.244. The zero-order valence-corrected chi connectivity index (χ0v) is 13.4. The summed E-state index contributed by atoms with van der Waals surface area (Å²) in [4.78, 5) is 8.29.